The molecule has 0 aliphatic carbocycles. The standard InChI is InChI=1S/C3H2I2N2O2/c4-6-1-2(8)7(5)3(6)9/h1,8H. The minimum Gasteiger partial charge on any atom is -0.493 e. The lowest BCUT2D eigenvalue weighted by Gasteiger charge is -1.82. The molecule has 0 bridgehead atoms. The van der Waals surface area contributed by atoms with Crippen molar-refractivity contribution in [1.82, 2.24) is 5.56 Å². The normalized spacial score (nSPS) is 10.0. The molecular formula is C3H2I2N2O2. The van der Waals surface area contributed by atoms with E-state index in [1.54, 1.807) is 45.7 Å². The average Bonchev–Trinajstić information content (AvgIpc) is 1.98. The van der Waals surface area contributed by atoms with Crippen LogP contribution in [0.4, 0.5) is 0 Å². The van der Waals surface area contributed by atoms with Crippen molar-refractivity contribution in [3.63, 3.8) is 0 Å². The summed E-state index contributed by atoms with van der Waals surface area (Å²) in [5.41, 5.74) is -0.242. The van der Waals surface area contributed by atoms with Crippen LogP contribution in [0.3, 0.4) is 0 Å². The summed E-state index contributed by atoms with van der Waals surface area (Å²) in [4.78, 5) is 10.7. The van der Waals surface area contributed by atoms with Crippen LogP contribution in [0, 0.1) is 0 Å². The highest BCUT2D eigenvalue weighted by Crippen LogP contribution is 2.09. The van der Waals surface area contributed by atoms with Crippen LogP contribution in [0.5, 0.6) is 5.88 Å². The number of nitrogens with zero attached hydrogens (tertiary/aromatic N) is 2. The van der Waals surface area contributed by atoms with Crippen molar-refractivity contribution in [1.29, 1.82) is 0 Å². The molecule has 50 valence electrons. The van der Waals surface area contributed by atoms with Crippen LogP contribution < -0.4 is 5.69 Å². The molecule has 1 aromatic rings. The maximum atomic E-state index is 10.7. The number of aromatic nitrogens is 2. The van der Waals surface area contributed by atoms with Gasteiger partial charge in [0.25, 0.3) is 0 Å². The fourth-order valence-electron chi connectivity index (χ4n) is 0.389. The lowest BCUT2D eigenvalue weighted by Crippen LogP contribution is -2.11. The Morgan fingerprint density at radius 3 is 2.22 bits per heavy atom. The van der Waals surface area contributed by atoms with Crippen LogP contribution in [0.1, 0.15) is 0 Å². The SMILES string of the molecule is O=c1n(I)cc(O)n1I. The third kappa shape index (κ3) is 1.23. The van der Waals surface area contributed by atoms with Crippen LogP contribution in [0.15, 0.2) is 11.0 Å². The van der Waals surface area contributed by atoms with Gasteiger partial charge in [-0.25, -0.2) is 10.4 Å². The molecule has 6 heteroatoms. The van der Waals surface area contributed by atoms with Gasteiger partial charge in [-0.05, 0) is 0 Å². The van der Waals surface area contributed by atoms with E-state index in [4.69, 9.17) is 5.11 Å². The zero-order chi connectivity index (χ0) is 7.02. The molecule has 1 rings (SSSR count). The first kappa shape index (κ1) is 7.38. The Morgan fingerprint density at radius 2 is 2.11 bits per heavy atom. The molecule has 1 N–H and O–H groups in total. The summed E-state index contributed by atoms with van der Waals surface area (Å²) >= 11 is 3.51. The molecule has 0 atom stereocenters. The Bertz CT molecular complexity index is 276. The molecule has 0 aromatic carbocycles. The van der Waals surface area contributed by atoms with Crippen molar-refractivity contribution in [2.24, 2.45) is 0 Å². The summed E-state index contributed by atoms with van der Waals surface area (Å²) in [6.45, 7) is 0. The van der Waals surface area contributed by atoms with E-state index in [1.165, 1.54) is 8.98 Å². The molecule has 9 heavy (non-hydrogen) atoms. The van der Waals surface area contributed by atoms with E-state index < -0.39 is 0 Å². The highest BCUT2D eigenvalue weighted by Gasteiger charge is 2.03. The van der Waals surface area contributed by atoms with Gasteiger partial charge in [0.15, 0.2) is 0 Å². The van der Waals surface area contributed by atoms with Crippen molar-refractivity contribution in [2.75, 3.05) is 0 Å². The Hall–Kier alpha value is 0.270. The van der Waals surface area contributed by atoms with Gasteiger partial charge in [0.05, 0.1) is 51.9 Å². The molecule has 0 fully saturated rings. The molecule has 0 unspecified atom stereocenters. The molecule has 0 amide bonds. The Morgan fingerprint density at radius 1 is 1.56 bits per heavy atom. The monoisotopic (exact) mass is 352 g/mol. The molecule has 0 saturated heterocycles. The van der Waals surface area contributed by atoms with E-state index in [2.05, 4.69) is 0 Å². The average molecular weight is 352 g/mol. The summed E-state index contributed by atoms with van der Waals surface area (Å²) in [5, 5.41) is 8.85. The second-order valence-electron chi connectivity index (χ2n) is 1.36. The highest BCUT2D eigenvalue weighted by molar-refractivity contribution is 14.1. The maximum Gasteiger partial charge on any atom is 0.349 e. The minimum absolute atomic E-state index is 0.0324. The smallest absolute Gasteiger partial charge is 0.349 e. The molecule has 0 saturated carbocycles. The molecule has 0 spiro atoms. The van der Waals surface area contributed by atoms with Crippen LogP contribution in [-0.2, 0) is 0 Å². The van der Waals surface area contributed by atoms with E-state index in [0.29, 0.717) is 0 Å². The summed E-state index contributed by atoms with van der Waals surface area (Å²) in [5.74, 6) is -0.0324. The summed E-state index contributed by atoms with van der Waals surface area (Å²) in [7, 11) is 0. The fraction of sp³-hybridized carbons (Fsp3) is 0. The van der Waals surface area contributed by atoms with Gasteiger partial charge in [0.1, 0.15) is 0 Å². The van der Waals surface area contributed by atoms with Crippen molar-refractivity contribution in [3.05, 3.63) is 16.7 Å². The minimum atomic E-state index is -0.242. The number of hydrogen-bond acceptors (Lipinski definition) is 2. The predicted octanol–water partition coefficient (Wildman–Crippen LogP) is 0.752. The van der Waals surface area contributed by atoms with E-state index in [9.17, 15) is 4.79 Å². The molecular weight excluding hydrogens is 350 g/mol. The summed E-state index contributed by atoms with van der Waals surface area (Å²) < 4.78 is 2.41. The van der Waals surface area contributed by atoms with Gasteiger partial charge in [-0.1, -0.05) is 0 Å². The van der Waals surface area contributed by atoms with Gasteiger partial charge in [-0.3, -0.25) is 0 Å². The second kappa shape index (κ2) is 2.48. The first-order valence-corrected chi connectivity index (χ1v) is 3.91. The molecule has 0 radical (unpaired) electrons. The topological polar surface area (TPSA) is 47.2 Å². The fourth-order valence-corrected chi connectivity index (χ4v) is 1.62. The lowest BCUT2D eigenvalue weighted by atomic mass is 10.9. The number of aromatic hydroxyl groups is 1. The number of rotatable bonds is 0. The largest absolute Gasteiger partial charge is 0.493 e. The van der Waals surface area contributed by atoms with Crippen molar-refractivity contribution in [2.45, 2.75) is 0 Å². The molecule has 0 aliphatic heterocycles. The van der Waals surface area contributed by atoms with E-state index >= 15 is 0 Å². The Labute approximate surface area is 78.5 Å². The van der Waals surface area contributed by atoms with Gasteiger partial charge in [0, 0.05) is 0 Å². The number of imidazole rings is 1. The number of hydrogen-bond donors (Lipinski definition) is 1. The summed E-state index contributed by atoms with van der Waals surface area (Å²) in [6.07, 6.45) is 1.34. The van der Waals surface area contributed by atoms with Gasteiger partial charge < -0.3 is 5.11 Å². The summed E-state index contributed by atoms with van der Waals surface area (Å²) in [6, 6.07) is 0. The van der Waals surface area contributed by atoms with Crippen molar-refractivity contribution >= 4 is 45.7 Å². The first-order chi connectivity index (χ1) is 4.13. The van der Waals surface area contributed by atoms with Gasteiger partial charge in [-0.15, -0.1) is 0 Å². The van der Waals surface area contributed by atoms with Gasteiger partial charge in [-0.2, -0.15) is 0 Å². The third-order valence-corrected chi connectivity index (χ3v) is 2.38. The van der Waals surface area contributed by atoms with Crippen LogP contribution >= 0.6 is 45.7 Å². The van der Waals surface area contributed by atoms with Gasteiger partial charge in [0.2, 0.25) is 5.88 Å². The Balaban J connectivity index is 3.48. The molecule has 0 aliphatic rings. The van der Waals surface area contributed by atoms with E-state index in [-0.39, 0.29) is 11.6 Å². The highest BCUT2D eigenvalue weighted by atomic mass is 127. The molecule has 1 heterocycles. The predicted molar refractivity (Wildman–Crippen MR) is 49.2 cm³/mol. The first-order valence-electron chi connectivity index (χ1n) is 1.98. The van der Waals surface area contributed by atoms with E-state index in [1.807, 2.05) is 0 Å². The van der Waals surface area contributed by atoms with Gasteiger partial charge >= 0.3 is 5.69 Å². The number of halogens is 2. The molecule has 1 aromatic heterocycles. The molecule has 4 nitrogen and oxygen atoms in total. The van der Waals surface area contributed by atoms with E-state index in [0.717, 1.165) is 2.78 Å². The maximum absolute atomic E-state index is 10.7. The van der Waals surface area contributed by atoms with Crippen LogP contribution in [0.25, 0.3) is 0 Å². The second-order valence-corrected chi connectivity index (χ2v) is 3.37. The van der Waals surface area contributed by atoms with Crippen LogP contribution in [0.2, 0.25) is 0 Å². The Kier molecular flexibility index (Phi) is 2.03. The quantitative estimate of drug-likeness (QED) is 0.701. The zero-order valence-corrected chi connectivity index (χ0v) is 8.40. The van der Waals surface area contributed by atoms with Crippen molar-refractivity contribution in [3.8, 4) is 5.88 Å². The van der Waals surface area contributed by atoms with Crippen LogP contribution in [-0.4, -0.2) is 10.7 Å². The lowest BCUT2D eigenvalue weighted by molar-refractivity contribution is 0.453. The zero-order valence-electron chi connectivity index (χ0n) is 4.08. The third-order valence-electron chi connectivity index (χ3n) is 0.781. The van der Waals surface area contributed by atoms with Crippen molar-refractivity contribution < 1.29 is 5.11 Å².